The molecule has 1 rings (SSSR count). The summed E-state index contributed by atoms with van der Waals surface area (Å²) in [6, 6.07) is 9.20. The van der Waals surface area contributed by atoms with Crippen LogP contribution >= 0.6 is 0 Å². The molecule has 0 amide bonds. The van der Waals surface area contributed by atoms with E-state index in [-0.39, 0.29) is 5.75 Å². The molecule has 0 saturated carbocycles. The van der Waals surface area contributed by atoms with Gasteiger partial charge in [0.25, 0.3) is 10.1 Å². The maximum absolute atomic E-state index is 11.9. The highest BCUT2D eigenvalue weighted by atomic mass is 32.2. The van der Waals surface area contributed by atoms with Gasteiger partial charge < -0.3 is 0 Å². The molecule has 0 saturated heterocycles. The minimum absolute atomic E-state index is 0.0353. The molecule has 0 unspecified atom stereocenters. The van der Waals surface area contributed by atoms with Gasteiger partial charge in [-0.25, -0.2) is 0 Å². The molecule has 4 heteroatoms. The van der Waals surface area contributed by atoms with Crippen LogP contribution in [0.25, 0.3) is 0 Å². The molecule has 156 valence electrons. The van der Waals surface area contributed by atoms with Gasteiger partial charge in [0.2, 0.25) is 0 Å². The number of hydrogen-bond donors (Lipinski definition) is 0. The van der Waals surface area contributed by atoms with Crippen molar-refractivity contribution in [3.05, 3.63) is 35.9 Å². The zero-order chi connectivity index (χ0) is 19.6. The Labute approximate surface area is 168 Å². The highest BCUT2D eigenvalue weighted by Gasteiger charge is 2.11. The van der Waals surface area contributed by atoms with Gasteiger partial charge in [0, 0.05) is 0 Å². The van der Waals surface area contributed by atoms with Crippen molar-refractivity contribution >= 4 is 10.1 Å². The number of rotatable bonds is 18. The first-order valence-corrected chi connectivity index (χ1v) is 12.6. The molecular weight excluding hydrogens is 356 g/mol. The van der Waals surface area contributed by atoms with E-state index in [1.165, 1.54) is 77.0 Å². The van der Waals surface area contributed by atoms with Crippen LogP contribution in [0.1, 0.15) is 102 Å². The van der Waals surface area contributed by atoms with Crippen molar-refractivity contribution in [1.82, 2.24) is 0 Å². The van der Waals surface area contributed by atoms with E-state index in [9.17, 15) is 8.42 Å². The minimum atomic E-state index is -3.45. The number of benzene rings is 1. The lowest BCUT2D eigenvalue weighted by molar-refractivity contribution is 0.305. The summed E-state index contributed by atoms with van der Waals surface area (Å²) < 4.78 is 28.9. The molecule has 1 aromatic carbocycles. The molecule has 3 nitrogen and oxygen atoms in total. The van der Waals surface area contributed by atoms with Gasteiger partial charge in [-0.1, -0.05) is 121 Å². The topological polar surface area (TPSA) is 43.4 Å². The van der Waals surface area contributed by atoms with Gasteiger partial charge in [0.15, 0.2) is 0 Å². The third-order valence-corrected chi connectivity index (χ3v) is 6.16. The van der Waals surface area contributed by atoms with Crippen molar-refractivity contribution < 1.29 is 12.6 Å². The molecule has 0 aliphatic rings. The molecular formula is C23H40O3S. The largest absolute Gasteiger partial charge is 0.271 e. The minimum Gasteiger partial charge on any atom is -0.270 e. The smallest absolute Gasteiger partial charge is 0.270 e. The van der Waals surface area contributed by atoms with Crippen LogP contribution in [0, 0.1) is 0 Å². The number of hydrogen-bond acceptors (Lipinski definition) is 3. The lowest BCUT2D eigenvalue weighted by Crippen LogP contribution is -2.09. The van der Waals surface area contributed by atoms with Gasteiger partial charge in [-0.15, -0.1) is 0 Å². The van der Waals surface area contributed by atoms with Crippen molar-refractivity contribution in [2.75, 3.05) is 6.61 Å². The van der Waals surface area contributed by atoms with E-state index in [0.29, 0.717) is 6.61 Å². The average Bonchev–Trinajstić information content (AvgIpc) is 2.65. The lowest BCUT2D eigenvalue weighted by Gasteiger charge is -2.06. The molecule has 0 radical (unpaired) electrons. The summed E-state index contributed by atoms with van der Waals surface area (Å²) in [6.45, 7) is 2.58. The summed E-state index contributed by atoms with van der Waals surface area (Å²) in [7, 11) is -3.45. The van der Waals surface area contributed by atoms with Gasteiger partial charge in [-0.3, -0.25) is 4.18 Å². The molecule has 0 fully saturated rings. The molecule has 0 aliphatic heterocycles. The van der Waals surface area contributed by atoms with E-state index in [1.807, 2.05) is 30.3 Å². The maximum atomic E-state index is 11.9. The Morgan fingerprint density at radius 1 is 0.667 bits per heavy atom. The van der Waals surface area contributed by atoms with Crippen LogP contribution in [-0.2, 0) is 20.1 Å². The highest BCUT2D eigenvalue weighted by Crippen LogP contribution is 2.13. The van der Waals surface area contributed by atoms with E-state index in [2.05, 4.69) is 6.92 Å². The first-order valence-electron chi connectivity index (χ1n) is 11.0. The average molecular weight is 397 g/mol. The van der Waals surface area contributed by atoms with Gasteiger partial charge in [0.1, 0.15) is 5.75 Å². The summed E-state index contributed by atoms with van der Waals surface area (Å²) in [5.41, 5.74) is 0.776. The van der Waals surface area contributed by atoms with Crippen molar-refractivity contribution in [3.8, 4) is 0 Å². The third-order valence-electron chi connectivity index (χ3n) is 4.95. The highest BCUT2D eigenvalue weighted by molar-refractivity contribution is 7.85. The predicted octanol–water partition coefficient (Wildman–Crippen LogP) is 7.01. The molecule has 0 aliphatic carbocycles. The first-order chi connectivity index (χ1) is 13.1. The molecule has 0 spiro atoms. The Hall–Kier alpha value is -0.870. The second-order valence-corrected chi connectivity index (χ2v) is 9.25. The molecule has 0 aromatic heterocycles. The predicted molar refractivity (Wildman–Crippen MR) is 115 cm³/mol. The fourth-order valence-electron chi connectivity index (χ4n) is 3.30. The summed E-state index contributed by atoms with van der Waals surface area (Å²) >= 11 is 0. The van der Waals surface area contributed by atoms with Crippen molar-refractivity contribution in [3.63, 3.8) is 0 Å². The second-order valence-electron chi connectivity index (χ2n) is 7.61. The van der Waals surface area contributed by atoms with E-state index >= 15 is 0 Å². The first kappa shape index (κ1) is 24.2. The second kappa shape index (κ2) is 16.1. The standard InChI is InChI=1S/C23H40O3S/c1-2-3-4-5-6-7-8-9-10-11-12-13-14-18-21-26-27(24,25)22-23-19-16-15-17-20-23/h15-17,19-20H,2-14,18,21-22H2,1H3. The van der Waals surface area contributed by atoms with E-state index in [0.717, 1.165) is 18.4 Å². The van der Waals surface area contributed by atoms with E-state index < -0.39 is 10.1 Å². The fourth-order valence-corrected chi connectivity index (χ4v) is 4.36. The molecule has 0 bridgehead atoms. The lowest BCUT2D eigenvalue weighted by atomic mass is 10.0. The van der Waals surface area contributed by atoms with Crippen LogP contribution in [0.15, 0.2) is 30.3 Å². The van der Waals surface area contributed by atoms with Gasteiger partial charge >= 0.3 is 0 Å². The third kappa shape index (κ3) is 14.8. The van der Waals surface area contributed by atoms with Crippen LogP contribution in [0.5, 0.6) is 0 Å². The van der Waals surface area contributed by atoms with Gasteiger partial charge in [-0.2, -0.15) is 8.42 Å². The molecule has 27 heavy (non-hydrogen) atoms. The van der Waals surface area contributed by atoms with Crippen molar-refractivity contribution in [2.24, 2.45) is 0 Å². The summed E-state index contributed by atoms with van der Waals surface area (Å²) in [6.07, 6.45) is 18.1. The van der Waals surface area contributed by atoms with Crippen LogP contribution in [0.3, 0.4) is 0 Å². The normalized spacial score (nSPS) is 11.7. The maximum Gasteiger partial charge on any atom is 0.271 e. The summed E-state index contributed by atoms with van der Waals surface area (Å²) in [5, 5.41) is 0. The van der Waals surface area contributed by atoms with Crippen LogP contribution in [0.4, 0.5) is 0 Å². The quantitative estimate of drug-likeness (QED) is 0.198. The zero-order valence-electron chi connectivity index (χ0n) is 17.3. The summed E-state index contributed by atoms with van der Waals surface area (Å²) in [4.78, 5) is 0. The van der Waals surface area contributed by atoms with Crippen molar-refractivity contribution in [2.45, 2.75) is 103 Å². The Morgan fingerprint density at radius 3 is 1.59 bits per heavy atom. The SMILES string of the molecule is CCCCCCCCCCCCCCCCOS(=O)(=O)Cc1ccccc1. The van der Waals surface area contributed by atoms with Crippen molar-refractivity contribution in [1.29, 1.82) is 0 Å². The van der Waals surface area contributed by atoms with Crippen LogP contribution in [-0.4, -0.2) is 15.0 Å². The molecule has 1 aromatic rings. The Morgan fingerprint density at radius 2 is 1.11 bits per heavy atom. The molecule has 0 heterocycles. The fraction of sp³-hybridized carbons (Fsp3) is 0.739. The Balaban J connectivity index is 1.86. The zero-order valence-corrected chi connectivity index (χ0v) is 18.1. The Kier molecular flexibility index (Phi) is 14.4. The monoisotopic (exact) mass is 396 g/mol. The van der Waals surface area contributed by atoms with E-state index in [1.54, 1.807) is 0 Å². The van der Waals surface area contributed by atoms with Crippen LogP contribution < -0.4 is 0 Å². The molecule has 0 N–H and O–H groups in total. The van der Waals surface area contributed by atoms with Crippen LogP contribution in [0.2, 0.25) is 0 Å². The van der Waals surface area contributed by atoms with E-state index in [4.69, 9.17) is 4.18 Å². The number of unbranched alkanes of at least 4 members (excludes halogenated alkanes) is 13. The van der Waals surface area contributed by atoms with Gasteiger partial charge in [0.05, 0.1) is 6.61 Å². The van der Waals surface area contributed by atoms with Gasteiger partial charge in [-0.05, 0) is 12.0 Å². The Bertz CT molecular complexity index is 540. The molecule has 0 atom stereocenters. The summed E-state index contributed by atoms with van der Waals surface area (Å²) in [5.74, 6) is -0.0353.